The van der Waals surface area contributed by atoms with Crippen molar-refractivity contribution < 1.29 is 4.79 Å². The molecule has 0 aliphatic heterocycles. The lowest BCUT2D eigenvalue weighted by atomic mass is 10.1. The Morgan fingerprint density at radius 3 is 2.44 bits per heavy atom. The predicted octanol–water partition coefficient (Wildman–Crippen LogP) is 1.70. The number of nitrogens with zero attached hydrogens (tertiary/aromatic N) is 1. The van der Waals surface area contributed by atoms with Gasteiger partial charge in [-0.1, -0.05) is 26.1 Å². The van der Waals surface area contributed by atoms with Crippen LogP contribution in [0.25, 0.3) is 0 Å². The number of thiocarbonyl (C=S) groups is 1. The maximum atomic E-state index is 12.3. The Morgan fingerprint density at radius 1 is 1.50 bits per heavy atom. The van der Waals surface area contributed by atoms with Gasteiger partial charge in [-0.05, 0) is 24.7 Å². The molecule has 0 radical (unpaired) electrons. The largest absolute Gasteiger partial charge is 0.393 e. The first-order valence-electron chi connectivity index (χ1n) is 6.00. The zero-order valence-electron chi connectivity index (χ0n) is 10.0. The highest BCUT2D eigenvalue weighted by molar-refractivity contribution is 7.80. The lowest BCUT2D eigenvalue weighted by molar-refractivity contribution is -0.133. The molecule has 2 rings (SSSR count). The maximum absolute atomic E-state index is 12.3. The number of rotatable bonds is 5. The summed E-state index contributed by atoms with van der Waals surface area (Å²) in [6, 6.07) is 0.471. The summed E-state index contributed by atoms with van der Waals surface area (Å²) in [6.07, 6.45) is 3.99. The van der Waals surface area contributed by atoms with Gasteiger partial charge in [-0.15, -0.1) is 0 Å². The van der Waals surface area contributed by atoms with Gasteiger partial charge in [0.15, 0.2) is 0 Å². The summed E-state index contributed by atoms with van der Waals surface area (Å²) >= 11 is 4.87. The number of carbonyl (C=O) groups is 1. The van der Waals surface area contributed by atoms with Crippen LogP contribution in [0.15, 0.2) is 0 Å². The van der Waals surface area contributed by atoms with Crippen LogP contribution >= 0.6 is 12.2 Å². The third-order valence-electron chi connectivity index (χ3n) is 3.68. The van der Waals surface area contributed by atoms with E-state index in [1.807, 2.05) is 4.90 Å². The highest BCUT2D eigenvalue weighted by atomic mass is 32.1. The van der Waals surface area contributed by atoms with Crippen molar-refractivity contribution in [2.75, 3.05) is 6.54 Å². The summed E-state index contributed by atoms with van der Waals surface area (Å²) in [5.74, 6) is 0.559. The SMILES string of the molecule is CC1(C)CC1C(=O)N(CCC(N)=S)C1CC1. The molecule has 2 aliphatic carbocycles. The number of hydrogen-bond acceptors (Lipinski definition) is 2. The fourth-order valence-corrected chi connectivity index (χ4v) is 2.27. The minimum atomic E-state index is 0.216. The van der Waals surface area contributed by atoms with Crippen LogP contribution in [0.3, 0.4) is 0 Å². The monoisotopic (exact) mass is 240 g/mol. The Kier molecular flexibility index (Phi) is 2.95. The molecule has 16 heavy (non-hydrogen) atoms. The molecule has 0 aromatic carbocycles. The molecule has 2 fully saturated rings. The van der Waals surface area contributed by atoms with E-state index in [1.54, 1.807) is 0 Å². The third-order valence-corrected chi connectivity index (χ3v) is 3.89. The normalized spacial score (nSPS) is 26.2. The van der Waals surface area contributed by atoms with Crippen LogP contribution in [-0.2, 0) is 4.79 Å². The van der Waals surface area contributed by atoms with Crippen molar-refractivity contribution in [3.05, 3.63) is 0 Å². The van der Waals surface area contributed by atoms with E-state index >= 15 is 0 Å². The summed E-state index contributed by atoms with van der Waals surface area (Å²) in [6.45, 7) is 5.04. The van der Waals surface area contributed by atoms with Crippen molar-refractivity contribution in [1.29, 1.82) is 0 Å². The molecule has 0 aromatic heterocycles. The minimum Gasteiger partial charge on any atom is -0.393 e. The van der Waals surface area contributed by atoms with Crippen LogP contribution in [0.4, 0.5) is 0 Å². The van der Waals surface area contributed by atoms with E-state index in [1.165, 1.54) is 0 Å². The fraction of sp³-hybridized carbons (Fsp3) is 0.833. The Balaban J connectivity index is 1.92. The van der Waals surface area contributed by atoms with Gasteiger partial charge in [-0.3, -0.25) is 4.79 Å². The van der Waals surface area contributed by atoms with Crippen LogP contribution < -0.4 is 5.73 Å². The zero-order valence-corrected chi connectivity index (χ0v) is 10.8. The van der Waals surface area contributed by atoms with Gasteiger partial charge >= 0.3 is 0 Å². The molecule has 0 spiro atoms. The molecule has 90 valence electrons. The number of amides is 1. The minimum absolute atomic E-state index is 0.216. The highest BCUT2D eigenvalue weighted by Crippen LogP contribution is 2.53. The zero-order chi connectivity index (χ0) is 11.9. The Hall–Kier alpha value is -0.640. The second kappa shape index (κ2) is 3.99. The van der Waals surface area contributed by atoms with Crippen LogP contribution in [0.5, 0.6) is 0 Å². The topological polar surface area (TPSA) is 46.3 Å². The Morgan fingerprint density at radius 2 is 2.06 bits per heavy atom. The van der Waals surface area contributed by atoms with Gasteiger partial charge in [0, 0.05) is 24.9 Å². The van der Waals surface area contributed by atoms with E-state index < -0.39 is 0 Å². The predicted molar refractivity (Wildman–Crippen MR) is 68.0 cm³/mol. The van der Waals surface area contributed by atoms with Gasteiger partial charge in [-0.2, -0.15) is 0 Å². The van der Waals surface area contributed by atoms with Gasteiger partial charge in [0.05, 0.1) is 4.99 Å². The van der Waals surface area contributed by atoms with E-state index in [0.29, 0.717) is 29.9 Å². The van der Waals surface area contributed by atoms with Crippen molar-refractivity contribution in [2.24, 2.45) is 17.1 Å². The first-order chi connectivity index (χ1) is 7.42. The smallest absolute Gasteiger partial charge is 0.226 e. The molecular formula is C12H20N2OS. The second-order valence-electron chi connectivity index (χ2n) is 5.72. The van der Waals surface area contributed by atoms with E-state index in [0.717, 1.165) is 19.3 Å². The van der Waals surface area contributed by atoms with Gasteiger partial charge in [0.25, 0.3) is 0 Å². The van der Waals surface area contributed by atoms with Crippen LogP contribution in [0.1, 0.15) is 39.5 Å². The fourth-order valence-electron chi connectivity index (χ4n) is 2.18. The number of hydrogen-bond donors (Lipinski definition) is 1. The number of nitrogens with two attached hydrogens (primary N) is 1. The standard InChI is InChI=1S/C12H20N2OS/c1-12(2)7-9(12)11(15)14(8-3-4-8)6-5-10(13)16/h8-9H,3-7H2,1-2H3,(H2,13,16). The van der Waals surface area contributed by atoms with Crippen molar-refractivity contribution >= 4 is 23.1 Å². The van der Waals surface area contributed by atoms with Crippen LogP contribution in [0, 0.1) is 11.3 Å². The lowest BCUT2D eigenvalue weighted by Gasteiger charge is -2.23. The van der Waals surface area contributed by atoms with Gasteiger partial charge in [0.1, 0.15) is 0 Å². The second-order valence-corrected chi connectivity index (χ2v) is 6.25. The van der Waals surface area contributed by atoms with E-state index in [-0.39, 0.29) is 11.3 Å². The summed E-state index contributed by atoms with van der Waals surface area (Å²) in [5, 5.41) is 0. The summed E-state index contributed by atoms with van der Waals surface area (Å²) in [5.41, 5.74) is 5.72. The van der Waals surface area contributed by atoms with Crippen LogP contribution in [-0.4, -0.2) is 28.4 Å². The molecule has 1 amide bonds. The molecule has 4 heteroatoms. The molecule has 2 saturated carbocycles. The van der Waals surface area contributed by atoms with E-state index in [9.17, 15) is 4.79 Å². The average molecular weight is 240 g/mol. The summed E-state index contributed by atoms with van der Waals surface area (Å²) in [4.78, 5) is 14.8. The van der Waals surface area contributed by atoms with E-state index in [2.05, 4.69) is 13.8 Å². The third kappa shape index (κ3) is 2.54. The molecule has 0 aromatic rings. The molecular weight excluding hydrogens is 220 g/mol. The molecule has 2 aliphatic rings. The van der Waals surface area contributed by atoms with Crippen molar-refractivity contribution in [3.63, 3.8) is 0 Å². The summed E-state index contributed by atoms with van der Waals surface area (Å²) in [7, 11) is 0. The molecule has 3 nitrogen and oxygen atoms in total. The molecule has 0 bridgehead atoms. The first-order valence-corrected chi connectivity index (χ1v) is 6.41. The van der Waals surface area contributed by atoms with Gasteiger partial charge < -0.3 is 10.6 Å². The van der Waals surface area contributed by atoms with Gasteiger partial charge in [-0.25, -0.2) is 0 Å². The molecule has 2 N–H and O–H groups in total. The quantitative estimate of drug-likeness (QED) is 0.744. The molecule has 0 heterocycles. The summed E-state index contributed by atoms with van der Waals surface area (Å²) < 4.78 is 0. The van der Waals surface area contributed by atoms with Crippen molar-refractivity contribution in [2.45, 2.75) is 45.6 Å². The molecule has 1 unspecified atom stereocenters. The van der Waals surface area contributed by atoms with Gasteiger partial charge in [0.2, 0.25) is 5.91 Å². The van der Waals surface area contributed by atoms with Crippen LogP contribution in [0.2, 0.25) is 0 Å². The number of carbonyl (C=O) groups excluding carboxylic acids is 1. The Labute approximate surface area is 102 Å². The first kappa shape index (κ1) is 11.8. The lowest BCUT2D eigenvalue weighted by Crippen LogP contribution is -2.37. The molecule has 1 atom stereocenters. The Bertz CT molecular complexity index is 323. The van der Waals surface area contributed by atoms with Crippen molar-refractivity contribution in [3.8, 4) is 0 Å². The average Bonchev–Trinajstić information content (AvgIpc) is 3.03. The van der Waals surface area contributed by atoms with Crippen molar-refractivity contribution in [1.82, 2.24) is 4.90 Å². The van der Waals surface area contributed by atoms with E-state index in [4.69, 9.17) is 18.0 Å². The maximum Gasteiger partial charge on any atom is 0.226 e. The highest BCUT2D eigenvalue weighted by Gasteiger charge is 2.53. The molecule has 0 saturated heterocycles.